The number of aromatic nitrogens is 1. The van der Waals surface area contributed by atoms with Crippen molar-refractivity contribution in [3.63, 3.8) is 0 Å². The summed E-state index contributed by atoms with van der Waals surface area (Å²) in [6.45, 7) is 4.04. The number of fused-ring (bicyclic) bond motifs is 1. The van der Waals surface area contributed by atoms with Gasteiger partial charge in [-0.15, -0.1) is 0 Å². The summed E-state index contributed by atoms with van der Waals surface area (Å²) in [7, 11) is 0. The summed E-state index contributed by atoms with van der Waals surface area (Å²) in [5.41, 5.74) is 0.853. The van der Waals surface area contributed by atoms with Gasteiger partial charge in [-0.2, -0.15) is 13.2 Å². The molecule has 1 aromatic carbocycles. The van der Waals surface area contributed by atoms with Crippen molar-refractivity contribution in [3.05, 3.63) is 51.9 Å². The summed E-state index contributed by atoms with van der Waals surface area (Å²) in [4.78, 5) is 4.03. The second-order valence-electron chi connectivity index (χ2n) is 6.47. The number of hydrogen-bond acceptors (Lipinski definition) is 3. The predicted molar refractivity (Wildman–Crippen MR) is 85.5 cm³/mol. The summed E-state index contributed by atoms with van der Waals surface area (Å²) in [6.07, 6.45) is -7.54. The Balaban J connectivity index is 2.24. The molecule has 2 N–H and O–H groups in total. The number of pyridine rings is 1. The minimum Gasteiger partial charge on any atom is -0.378 e. The van der Waals surface area contributed by atoms with Crippen LogP contribution in [0.1, 0.15) is 36.8 Å². The zero-order chi connectivity index (χ0) is 18.6. The molecule has 1 atom stereocenters. The maximum absolute atomic E-state index is 13.4. The fourth-order valence-electron chi connectivity index (χ4n) is 2.92. The number of alkyl halides is 3. The van der Waals surface area contributed by atoms with E-state index in [4.69, 9.17) is 11.6 Å². The maximum atomic E-state index is 13.4. The number of nitrogens with zero attached hydrogens (tertiary/aromatic N) is 1. The molecule has 0 radical (unpaired) electrons. The van der Waals surface area contributed by atoms with Crippen LogP contribution in [-0.2, 0) is 12.1 Å². The lowest BCUT2D eigenvalue weighted by atomic mass is 9.91. The first-order valence-corrected chi connectivity index (χ1v) is 7.88. The van der Waals surface area contributed by atoms with Crippen LogP contribution >= 0.6 is 11.6 Å². The van der Waals surface area contributed by atoms with E-state index in [1.165, 1.54) is 18.2 Å². The van der Waals surface area contributed by atoms with Gasteiger partial charge < -0.3 is 10.4 Å². The van der Waals surface area contributed by atoms with E-state index in [0.717, 1.165) is 6.07 Å². The summed E-state index contributed by atoms with van der Waals surface area (Å²) in [6, 6.07) is 5.11. The number of hydrogen-bond donors (Lipinski definition) is 2. The standard InChI is InChI=1S/C17H15ClF4N2O/c1-16(2)10-6-13(15(25)17(20,21)22)24-14(9(10)7-23-16)8-3-4-12(19)11(18)5-8/h3-6,15,23,25H,7H2,1-2H3. The van der Waals surface area contributed by atoms with Crippen LogP contribution in [0, 0.1) is 5.82 Å². The average Bonchev–Trinajstić information content (AvgIpc) is 2.83. The molecular formula is C17H15ClF4N2O. The Hall–Kier alpha value is -1.70. The van der Waals surface area contributed by atoms with Gasteiger partial charge in [0.05, 0.1) is 16.4 Å². The van der Waals surface area contributed by atoms with Gasteiger partial charge in [0.2, 0.25) is 0 Å². The Kier molecular flexibility index (Phi) is 4.29. The van der Waals surface area contributed by atoms with Gasteiger partial charge in [-0.05, 0) is 49.2 Å². The van der Waals surface area contributed by atoms with Gasteiger partial charge in [0, 0.05) is 17.6 Å². The molecule has 0 spiro atoms. The van der Waals surface area contributed by atoms with Gasteiger partial charge in [-0.25, -0.2) is 9.37 Å². The van der Waals surface area contributed by atoms with E-state index < -0.39 is 29.3 Å². The highest BCUT2D eigenvalue weighted by Crippen LogP contribution is 2.40. The molecule has 1 aliphatic rings. The molecule has 1 aliphatic heterocycles. The topological polar surface area (TPSA) is 45.1 Å². The van der Waals surface area contributed by atoms with Gasteiger partial charge in [-0.3, -0.25) is 0 Å². The van der Waals surface area contributed by atoms with E-state index in [-0.39, 0.29) is 10.7 Å². The minimum absolute atomic E-state index is 0.153. The number of halogens is 5. The summed E-state index contributed by atoms with van der Waals surface area (Å²) >= 11 is 5.80. The maximum Gasteiger partial charge on any atom is 0.420 e. The zero-order valence-electron chi connectivity index (χ0n) is 13.4. The zero-order valence-corrected chi connectivity index (χ0v) is 14.1. The third-order valence-corrected chi connectivity index (χ3v) is 4.60. The monoisotopic (exact) mass is 374 g/mol. The molecule has 8 heteroatoms. The van der Waals surface area contributed by atoms with E-state index in [1.807, 2.05) is 13.8 Å². The van der Waals surface area contributed by atoms with Crippen LogP contribution in [0.4, 0.5) is 17.6 Å². The summed E-state index contributed by atoms with van der Waals surface area (Å²) in [5.74, 6) is -0.632. The van der Waals surface area contributed by atoms with Crippen molar-refractivity contribution < 1.29 is 22.7 Å². The molecule has 0 saturated heterocycles. The first-order valence-electron chi connectivity index (χ1n) is 7.50. The smallest absolute Gasteiger partial charge is 0.378 e. The molecule has 1 unspecified atom stereocenters. The van der Waals surface area contributed by atoms with E-state index in [9.17, 15) is 22.7 Å². The lowest BCUT2D eigenvalue weighted by Crippen LogP contribution is -2.29. The van der Waals surface area contributed by atoms with E-state index in [2.05, 4.69) is 10.3 Å². The van der Waals surface area contributed by atoms with Crippen molar-refractivity contribution in [2.75, 3.05) is 0 Å². The first kappa shape index (κ1) is 18.1. The number of rotatable bonds is 2. The molecule has 2 heterocycles. The quantitative estimate of drug-likeness (QED) is 0.762. The molecule has 2 aromatic rings. The van der Waals surface area contributed by atoms with Crippen LogP contribution in [0.15, 0.2) is 24.3 Å². The normalized spacial score (nSPS) is 17.4. The van der Waals surface area contributed by atoms with Crippen LogP contribution in [0.25, 0.3) is 11.3 Å². The van der Waals surface area contributed by atoms with Gasteiger partial charge >= 0.3 is 6.18 Å². The SMILES string of the molecule is CC1(C)NCc2c1cc(C(O)C(F)(F)F)nc2-c1ccc(F)c(Cl)c1. The van der Waals surface area contributed by atoms with E-state index in [0.29, 0.717) is 23.2 Å². The fourth-order valence-corrected chi connectivity index (χ4v) is 3.10. The van der Waals surface area contributed by atoms with Crippen molar-refractivity contribution in [1.82, 2.24) is 10.3 Å². The van der Waals surface area contributed by atoms with Gasteiger partial charge in [0.1, 0.15) is 5.82 Å². The molecule has 0 bridgehead atoms. The molecule has 0 amide bonds. The Labute approximate surface area is 146 Å². The van der Waals surface area contributed by atoms with Crippen LogP contribution < -0.4 is 5.32 Å². The second kappa shape index (κ2) is 5.93. The van der Waals surface area contributed by atoms with Crippen molar-refractivity contribution in [1.29, 1.82) is 0 Å². The van der Waals surface area contributed by atoms with Gasteiger partial charge in [0.15, 0.2) is 6.10 Å². The Morgan fingerprint density at radius 1 is 1.28 bits per heavy atom. The van der Waals surface area contributed by atoms with E-state index in [1.54, 1.807) is 0 Å². The van der Waals surface area contributed by atoms with Crippen molar-refractivity contribution in [3.8, 4) is 11.3 Å². The Morgan fingerprint density at radius 2 is 1.96 bits per heavy atom. The third-order valence-electron chi connectivity index (χ3n) is 4.31. The molecule has 0 aliphatic carbocycles. The van der Waals surface area contributed by atoms with Gasteiger partial charge in [0.25, 0.3) is 0 Å². The summed E-state index contributed by atoms with van der Waals surface area (Å²) in [5, 5.41) is 12.7. The predicted octanol–water partition coefficient (Wildman–Crippen LogP) is 4.48. The molecule has 3 nitrogen and oxygen atoms in total. The third kappa shape index (κ3) is 3.23. The highest BCUT2D eigenvalue weighted by atomic mass is 35.5. The fraction of sp³-hybridized carbons (Fsp3) is 0.353. The van der Waals surface area contributed by atoms with Gasteiger partial charge in [-0.1, -0.05) is 11.6 Å². The summed E-state index contributed by atoms with van der Waals surface area (Å²) < 4.78 is 52.3. The Bertz CT molecular complexity index is 836. The Morgan fingerprint density at radius 3 is 2.56 bits per heavy atom. The number of aliphatic hydroxyl groups is 1. The average molecular weight is 375 g/mol. The highest BCUT2D eigenvalue weighted by Gasteiger charge is 2.42. The largest absolute Gasteiger partial charge is 0.420 e. The lowest BCUT2D eigenvalue weighted by molar-refractivity contribution is -0.207. The van der Waals surface area contributed by atoms with Crippen LogP contribution in [0.5, 0.6) is 0 Å². The van der Waals surface area contributed by atoms with Crippen LogP contribution in [0.3, 0.4) is 0 Å². The molecule has 0 saturated carbocycles. The minimum atomic E-state index is -4.84. The van der Waals surface area contributed by atoms with Crippen LogP contribution in [-0.4, -0.2) is 16.3 Å². The molecule has 0 fully saturated rings. The van der Waals surface area contributed by atoms with Crippen LogP contribution in [0.2, 0.25) is 5.02 Å². The van der Waals surface area contributed by atoms with Crippen molar-refractivity contribution in [2.45, 2.75) is 38.2 Å². The molecule has 25 heavy (non-hydrogen) atoms. The number of benzene rings is 1. The van der Waals surface area contributed by atoms with Crippen molar-refractivity contribution in [2.24, 2.45) is 0 Å². The van der Waals surface area contributed by atoms with E-state index >= 15 is 0 Å². The lowest BCUT2D eigenvalue weighted by Gasteiger charge is -2.22. The molecule has 3 rings (SSSR count). The number of aliphatic hydroxyl groups excluding tert-OH is 1. The molecule has 134 valence electrons. The molecule has 1 aromatic heterocycles. The second-order valence-corrected chi connectivity index (χ2v) is 6.88. The number of nitrogens with one attached hydrogen (secondary N) is 1. The van der Waals surface area contributed by atoms with Crippen molar-refractivity contribution >= 4 is 11.6 Å². The highest BCUT2D eigenvalue weighted by molar-refractivity contribution is 6.31. The first-order chi connectivity index (χ1) is 11.5. The molecular weight excluding hydrogens is 360 g/mol.